The lowest BCUT2D eigenvalue weighted by atomic mass is 9.70. The van der Waals surface area contributed by atoms with Crippen molar-refractivity contribution in [1.82, 2.24) is 0 Å². The summed E-state index contributed by atoms with van der Waals surface area (Å²) in [6.07, 6.45) is 11.2. The number of benzene rings is 7. The number of ether oxygens (including phenoxy) is 1. The summed E-state index contributed by atoms with van der Waals surface area (Å²) in [5.41, 5.74) is 16.0. The third-order valence-corrected chi connectivity index (χ3v) is 13.5. The first kappa shape index (κ1) is 34.2. The predicted octanol–water partition coefficient (Wildman–Crippen LogP) is 14.4. The van der Waals surface area contributed by atoms with E-state index < -0.39 is 5.41 Å². The SMILES string of the molecule is C[C@@](c1ccc(-c2ccc3oc4c(c3c2)CCCC4)cc1)(c1ccc(-c2ccc3oc4ccccc4c3c2)cc1)c1ccc(C2C=CC=C3c4ccccc4OC32)cc1. The number of hydrogen-bond donors (Lipinski definition) is 0. The van der Waals surface area contributed by atoms with E-state index >= 15 is 0 Å². The van der Waals surface area contributed by atoms with Crippen molar-refractivity contribution in [3.05, 3.63) is 215 Å². The molecule has 0 fully saturated rings. The monoisotopic (exact) mass is 762 g/mol. The van der Waals surface area contributed by atoms with Gasteiger partial charge in [0, 0.05) is 50.6 Å². The van der Waals surface area contributed by atoms with Crippen molar-refractivity contribution in [1.29, 1.82) is 0 Å². The van der Waals surface area contributed by atoms with Crippen LogP contribution in [0.15, 0.2) is 185 Å². The fraction of sp³-hybridized carbons (Fsp3) is 0.143. The van der Waals surface area contributed by atoms with E-state index in [0.29, 0.717) is 0 Å². The van der Waals surface area contributed by atoms with Gasteiger partial charge in [-0.25, -0.2) is 0 Å². The molecular formula is C56H42O3. The summed E-state index contributed by atoms with van der Waals surface area (Å²) in [6, 6.07) is 57.6. The summed E-state index contributed by atoms with van der Waals surface area (Å²) in [7, 11) is 0. The average Bonchev–Trinajstić information content (AvgIpc) is 4.00. The minimum Gasteiger partial charge on any atom is -0.484 e. The second-order valence-electron chi connectivity index (χ2n) is 16.7. The molecule has 0 saturated carbocycles. The Bertz CT molecular complexity index is 3140. The smallest absolute Gasteiger partial charge is 0.135 e. The van der Waals surface area contributed by atoms with Gasteiger partial charge in [0.1, 0.15) is 34.4 Å². The number of allylic oxidation sites excluding steroid dienone is 2. The van der Waals surface area contributed by atoms with Crippen molar-refractivity contribution in [2.24, 2.45) is 0 Å². The van der Waals surface area contributed by atoms with E-state index in [4.69, 9.17) is 13.6 Å². The topological polar surface area (TPSA) is 35.5 Å². The lowest BCUT2D eigenvalue weighted by Gasteiger charge is -2.33. The van der Waals surface area contributed by atoms with E-state index in [0.717, 1.165) is 46.1 Å². The zero-order chi connectivity index (χ0) is 39.1. The highest BCUT2D eigenvalue weighted by molar-refractivity contribution is 6.06. The zero-order valence-corrected chi connectivity index (χ0v) is 33.0. The molecule has 0 bridgehead atoms. The summed E-state index contributed by atoms with van der Waals surface area (Å²) < 4.78 is 19.0. The predicted molar refractivity (Wildman–Crippen MR) is 240 cm³/mol. The number of para-hydroxylation sites is 2. The van der Waals surface area contributed by atoms with Crippen LogP contribution < -0.4 is 4.74 Å². The van der Waals surface area contributed by atoms with Gasteiger partial charge in [0.2, 0.25) is 0 Å². The van der Waals surface area contributed by atoms with Crippen molar-refractivity contribution in [2.75, 3.05) is 0 Å². The molecule has 3 aliphatic rings. The number of aryl methyl sites for hydroxylation is 2. The Kier molecular flexibility index (Phi) is 7.75. The average molecular weight is 763 g/mol. The molecule has 284 valence electrons. The van der Waals surface area contributed by atoms with Crippen LogP contribution in [0.25, 0.3) is 60.7 Å². The fourth-order valence-electron chi connectivity index (χ4n) is 10.2. The van der Waals surface area contributed by atoms with Crippen LogP contribution >= 0.6 is 0 Å². The van der Waals surface area contributed by atoms with Gasteiger partial charge < -0.3 is 13.6 Å². The minimum absolute atomic E-state index is 0.0271. The molecule has 3 heteroatoms. The third kappa shape index (κ3) is 5.48. The zero-order valence-electron chi connectivity index (χ0n) is 33.0. The molecule has 9 aromatic rings. The highest BCUT2D eigenvalue weighted by Crippen LogP contribution is 2.47. The summed E-state index contributed by atoms with van der Waals surface area (Å²) in [4.78, 5) is 0. The lowest BCUT2D eigenvalue weighted by molar-refractivity contribution is 0.258. The Morgan fingerprint density at radius 1 is 0.525 bits per heavy atom. The Morgan fingerprint density at radius 2 is 1.12 bits per heavy atom. The first-order valence-corrected chi connectivity index (χ1v) is 21.0. The molecule has 12 rings (SSSR count). The first-order chi connectivity index (χ1) is 29.1. The summed E-state index contributed by atoms with van der Waals surface area (Å²) >= 11 is 0. The van der Waals surface area contributed by atoms with Gasteiger partial charge in [0.25, 0.3) is 0 Å². The van der Waals surface area contributed by atoms with Crippen molar-refractivity contribution in [3.8, 4) is 28.0 Å². The largest absolute Gasteiger partial charge is 0.484 e. The molecule has 3 atom stereocenters. The number of rotatable bonds is 6. The standard InChI is InChI=1S/C56H42O3/c1-56(40-25-17-35(18-26-40)38-23-31-53-48(33-38)45-10-3-5-14-50(45)57-53,41-27-19-36(20-28-41)39-24-32-54-49(34-39)46-11-4-6-15-51(46)58-54)42-29-21-37(22-30-42)43-12-8-13-47-44-9-2-7-16-52(44)59-55(43)47/h2-3,5,7-10,12-14,16-34,43,55H,4,6,11,15H2,1H3/t43?,55?,56-/m0/s1. The van der Waals surface area contributed by atoms with Gasteiger partial charge in [-0.2, -0.15) is 0 Å². The molecule has 1 aliphatic heterocycles. The van der Waals surface area contributed by atoms with E-state index in [1.807, 2.05) is 12.1 Å². The van der Waals surface area contributed by atoms with Gasteiger partial charge in [0.05, 0.1) is 0 Å². The first-order valence-electron chi connectivity index (χ1n) is 21.0. The van der Waals surface area contributed by atoms with Crippen molar-refractivity contribution >= 4 is 38.5 Å². The normalized spacial score (nSPS) is 17.9. The van der Waals surface area contributed by atoms with E-state index in [1.54, 1.807) is 0 Å². The maximum Gasteiger partial charge on any atom is 0.135 e. The molecule has 2 aliphatic carbocycles. The summed E-state index contributed by atoms with van der Waals surface area (Å²) in [6.45, 7) is 2.37. The second-order valence-corrected chi connectivity index (χ2v) is 16.7. The second kappa shape index (κ2) is 13.4. The molecular weight excluding hydrogens is 721 g/mol. The fourth-order valence-corrected chi connectivity index (χ4v) is 10.2. The van der Waals surface area contributed by atoms with Crippen LogP contribution in [-0.2, 0) is 18.3 Å². The van der Waals surface area contributed by atoms with Crippen molar-refractivity contribution in [2.45, 2.75) is 50.0 Å². The van der Waals surface area contributed by atoms with Crippen LogP contribution in [0.5, 0.6) is 5.75 Å². The maximum atomic E-state index is 6.57. The molecule has 0 saturated heterocycles. The Labute approximate surface area is 343 Å². The van der Waals surface area contributed by atoms with Gasteiger partial charge in [-0.3, -0.25) is 0 Å². The Morgan fingerprint density at radius 3 is 1.86 bits per heavy atom. The lowest BCUT2D eigenvalue weighted by Crippen LogP contribution is -2.26. The third-order valence-electron chi connectivity index (χ3n) is 13.5. The van der Waals surface area contributed by atoms with Gasteiger partial charge in [-0.05, 0) is 107 Å². The van der Waals surface area contributed by atoms with Gasteiger partial charge >= 0.3 is 0 Å². The molecule has 59 heavy (non-hydrogen) atoms. The molecule has 0 amide bonds. The molecule has 3 heterocycles. The van der Waals surface area contributed by atoms with Crippen LogP contribution in [0.2, 0.25) is 0 Å². The van der Waals surface area contributed by atoms with Crippen LogP contribution in [0, 0.1) is 0 Å². The van der Waals surface area contributed by atoms with Gasteiger partial charge in [-0.15, -0.1) is 0 Å². The van der Waals surface area contributed by atoms with Crippen molar-refractivity contribution < 1.29 is 13.6 Å². The maximum absolute atomic E-state index is 6.57. The molecule has 2 aromatic heterocycles. The van der Waals surface area contributed by atoms with E-state index in [1.165, 1.54) is 85.2 Å². The van der Waals surface area contributed by atoms with Crippen molar-refractivity contribution in [3.63, 3.8) is 0 Å². The molecule has 0 spiro atoms. The van der Waals surface area contributed by atoms with E-state index in [-0.39, 0.29) is 12.0 Å². The van der Waals surface area contributed by atoms with Gasteiger partial charge in [0.15, 0.2) is 0 Å². The van der Waals surface area contributed by atoms with E-state index in [9.17, 15) is 0 Å². The van der Waals surface area contributed by atoms with Crippen LogP contribution in [0.4, 0.5) is 0 Å². The van der Waals surface area contributed by atoms with E-state index in [2.05, 4.69) is 171 Å². The summed E-state index contributed by atoms with van der Waals surface area (Å²) in [5.74, 6) is 2.28. The van der Waals surface area contributed by atoms with Crippen LogP contribution in [0.1, 0.15) is 64.8 Å². The number of fused-ring (bicyclic) bond motifs is 9. The molecule has 0 N–H and O–H groups in total. The number of furan rings is 2. The quantitative estimate of drug-likeness (QED) is 0.158. The highest BCUT2D eigenvalue weighted by atomic mass is 16.5. The number of hydrogen-bond acceptors (Lipinski definition) is 3. The highest BCUT2D eigenvalue weighted by Gasteiger charge is 2.37. The summed E-state index contributed by atoms with van der Waals surface area (Å²) in [5, 5.41) is 3.56. The van der Waals surface area contributed by atoms with Crippen LogP contribution in [-0.4, -0.2) is 6.10 Å². The Hall–Kier alpha value is -6.84. The molecule has 2 unspecified atom stereocenters. The molecule has 0 radical (unpaired) electrons. The molecule has 3 nitrogen and oxygen atoms in total. The minimum atomic E-state index is -0.429. The van der Waals surface area contributed by atoms with Crippen LogP contribution in [0.3, 0.4) is 0 Å². The Balaban J connectivity index is 0.918. The van der Waals surface area contributed by atoms with Gasteiger partial charge in [-0.1, -0.05) is 140 Å². The molecule has 7 aromatic carbocycles.